The zero-order chi connectivity index (χ0) is 14.3. The molecule has 1 N–H and O–H groups in total. The van der Waals surface area contributed by atoms with E-state index in [1.165, 1.54) is 17.5 Å². The van der Waals surface area contributed by atoms with Crippen molar-refractivity contribution >= 4 is 27.9 Å². The first-order valence-corrected chi connectivity index (χ1v) is 6.31. The number of carbonyl (C=O) groups excluding carboxylic acids is 1. The Labute approximate surface area is 114 Å². The molecule has 0 saturated heterocycles. The van der Waals surface area contributed by atoms with Crippen molar-refractivity contribution in [1.29, 1.82) is 0 Å². The van der Waals surface area contributed by atoms with E-state index < -0.39 is 29.0 Å². The van der Waals surface area contributed by atoms with Crippen molar-refractivity contribution in [3.8, 4) is 0 Å². The maximum atomic E-state index is 13.4. The molecule has 0 atom stereocenters. The zero-order valence-corrected chi connectivity index (χ0v) is 10.5. The van der Waals surface area contributed by atoms with Gasteiger partial charge in [-0.3, -0.25) is 9.20 Å². The van der Waals surface area contributed by atoms with Crippen molar-refractivity contribution in [2.45, 2.75) is 0 Å². The molecule has 4 nitrogen and oxygen atoms in total. The van der Waals surface area contributed by atoms with E-state index in [2.05, 4.69) is 10.3 Å². The Morgan fingerprint density at radius 1 is 1.25 bits per heavy atom. The van der Waals surface area contributed by atoms with Gasteiger partial charge in [0.15, 0.2) is 22.4 Å². The van der Waals surface area contributed by atoms with Gasteiger partial charge < -0.3 is 5.32 Å². The van der Waals surface area contributed by atoms with Gasteiger partial charge in [-0.25, -0.2) is 18.2 Å². The lowest BCUT2D eigenvalue weighted by atomic mass is 10.2. The molecule has 0 radical (unpaired) electrons. The summed E-state index contributed by atoms with van der Waals surface area (Å²) in [5.74, 6) is -5.10. The molecule has 1 amide bonds. The van der Waals surface area contributed by atoms with Crippen LogP contribution in [0.15, 0.2) is 29.9 Å². The van der Waals surface area contributed by atoms with Crippen LogP contribution in [-0.2, 0) is 0 Å². The molecule has 3 aromatic rings. The van der Waals surface area contributed by atoms with Crippen molar-refractivity contribution in [3.05, 3.63) is 53.1 Å². The summed E-state index contributed by atoms with van der Waals surface area (Å²) in [5, 5.41) is 3.94. The molecule has 0 saturated carbocycles. The topological polar surface area (TPSA) is 46.4 Å². The van der Waals surface area contributed by atoms with Gasteiger partial charge in [-0.1, -0.05) is 0 Å². The van der Waals surface area contributed by atoms with Crippen LogP contribution in [0, 0.1) is 17.5 Å². The largest absolute Gasteiger partial charge is 0.318 e. The van der Waals surface area contributed by atoms with Crippen molar-refractivity contribution in [2.75, 3.05) is 5.32 Å². The molecule has 0 fully saturated rings. The lowest BCUT2D eigenvalue weighted by Gasteiger charge is -2.05. The molecule has 0 aliphatic rings. The van der Waals surface area contributed by atoms with Crippen LogP contribution >= 0.6 is 11.3 Å². The minimum absolute atomic E-state index is 0.0565. The fraction of sp³-hybridized carbons (Fsp3) is 0. The lowest BCUT2D eigenvalue weighted by molar-refractivity contribution is 0.102. The Kier molecular flexibility index (Phi) is 2.94. The van der Waals surface area contributed by atoms with Gasteiger partial charge in [-0.15, -0.1) is 11.3 Å². The molecule has 3 rings (SSSR count). The van der Waals surface area contributed by atoms with Crippen LogP contribution < -0.4 is 5.32 Å². The maximum absolute atomic E-state index is 13.4. The number of amides is 1. The molecule has 0 bridgehead atoms. The molecule has 0 aliphatic heterocycles. The van der Waals surface area contributed by atoms with E-state index in [9.17, 15) is 18.0 Å². The second-order valence-electron chi connectivity index (χ2n) is 3.90. The number of imidazole rings is 1. The first-order chi connectivity index (χ1) is 9.56. The fourth-order valence-corrected chi connectivity index (χ4v) is 2.35. The number of fused-ring (bicyclic) bond motifs is 1. The normalized spacial score (nSPS) is 10.9. The molecule has 20 heavy (non-hydrogen) atoms. The summed E-state index contributed by atoms with van der Waals surface area (Å²) in [7, 11) is 0. The molecule has 2 aromatic heterocycles. The molecule has 8 heteroatoms. The second-order valence-corrected chi connectivity index (χ2v) is 4.77. The molecular formula is C12H6F3N3OS. The van der Waals surface area contributed by atoms with Crippen molar-refractivity contribution < 1.29 is 18.0 Å². The number of benzene rings is 1. The third kappa shape index (κ3) is 2.03. The smallest absolute Gasteiger partial charge is 0.275 e. The number of nitrogens with zero attached hydrogens (tertiary/aromatic N) is 2. The number of anilines is 1. The van der Waals surface area contributed by atoms with Gasteiger partial charge in [0.25, 0.3) is 5.91 Å². The molecule has 0 unspecified atom stereocenters. The molecule has 0 spiro atoms. The summed E-state index contributed by atoms with van der Waals surface area (Å²) < 4.78 is 40.9. The number of carbonyl (C=O) groups is 1. The third-order valence-corrected chi connectivity index (χ3v) is 3.38. The SMILES string of the molecule is O=C(Nc1ccc(F)c(F)c1F)c1cn2ccsc2n1. The number of thiazole rings is 1. The van der Waals surface area contributed by atoms with Crippen LogP contribution in [-0.4, -0.2) is 15.3 Å². The van der Waals surface area contributed by atoms with Gasteiger partial charge in [0.1, 0.15) is 5.69 Å². The summed E-state index contributed by atoms with van der Waals surface area (Å²) in [6.45, 7) is 0. The molecule has 1 aromatic carbocycles. The number of rotatable bonds is 2. The highest BCUT2D eigenvalue weighted by atomic mass is 32.1. The Morgan fingerprint density at radius 3 is 2.80 bits per heavy atom. The Hall–Kier alpha value is -2.35. The summed E-state index contributed by atoms with van der Waals surface area (Å²) >= 11 is 1.33. The molecule has 0 aliphatic carbocycles. The standard InChI is InChI=1S/C12H6F3N3OS/c13-6-1-2-7(10(15)9(6)14)16-11(19)8-5-18-3-4-20-12(18)17-8/h1-5H,(H,16,19). The predicted octanol–water partition coefficient (Wildman–Crippen LogP) is 3.07. The van der Waals surface area contributed by atoms with Crippen LogP contribution in [0.2, 0.25) is 0 Å². The second kappa shape index (κ2) is 4.64. The fourth-order valence-electron chi connectivity index (χ4n) is 1.65. The van der Waals surface area contributed by atoms with Crippen LogP contribution in [0.25, 0.3) is 4.96 Å². The van der Waals surface area contributed by atoms with Crippen LogP contribution in [0.3, 0.4) is 0 Å². The summed E-state index contributed by atoms with van der Waals surface area (Å²) in [5.41, 5.74) is -0.383. The highest BCUT2D eigenvalue weighted by molar-refractivity contribution is 7.15. The summed E-state index contributed by atoms with van der Waals surface area (Å²) in [6, 6.07) is 1.68. The first-order valence-electron chi connectivity index (χ1n) is 5.43. The van der Waals surface area contributed by atoms with Gasteiger partial charge in [0.2, 0.25) is 0 Å². The van der Waals surface area contributed by atoms with Crippen molar-refractivity contribution in [1.82, 2.24) is 9.38 Å². The quantitative estimate of drug-likeness (QED) is 0.739. The molecular weight excluding hydrogens is 291 g/mol. The number of nitrogens with one attached hydrogen (secondary N) is 1. The monoisotopic (exact) mass is 297 g/mol. The number of hydrogen-bond donors (Lipinski definition) is 1. The Morgan fingerprint density at radius 2 is 2.05 bits per heavy atom. The van der Waals surface area contributed by atoms with Gasteiger partial charge in [0.05, 0.1) is 5.69 Å². The van der Waals surface area contributed by atoms with E-state index in [-0.39, 0.29) is 5.69 Å². The lowest BCUT2D eigenvalue weighted by Crippen LogP contribution is -2.14. The van der Waals surface area contributed by atoms with Crippen LogP contribution in [0.1, 0.15) is 10.5 Å². The van der Waals surface area contributed by atoms with E-state index >= 15 is 0 Å². The van der Waals surface area contributed by atoms with E-state index in [4.69, 9.17) is 0 Å². The highest BCUT2D eigenvalue weighted by Crippen LogP contribution is 2.20. The highest BCUT2D eigenvalue weighted by Gasteiger charge is 2.17. The number of hydrogen-bond acceptors (Lipinski definition) is 3. The maximum Gasteiger partial charge on any atom is 0.275 e. The average molecular weight is 297 g/mol. The van der Waals surface area contributed by atoms with Crippen LogP contribution in [0.5, 0.6) is 0 Å². The molecule has 2 heterocycles. The minimum atomic E-state index is -1.63. The zero-order valence-electron chi connectivity index (χ0n) is 9.73. The van der Waals surface area contributed by atoms with E-state index in [0.717, 1.165) is 12.1 Å². The summed E-state index contributed by atoms with van der Waals surface area (Å²) in [6.07, 6.45) is 3.17. The van der Waals surface area contributed by atoms with Gasteiger partial charge in [-0.05, 0) is 12.1 Å². The number of halogens is 3. The van der Waals surface area contributed by atoms with E-state index in [1.54, 1.807) is 16.0 Å². The Bertz CT molecular complexity index is 783. The summed E-state index contributed by atoms with van der Waals surface area (Å²) in [4.78, 5) is 16.5. The Balaban J connectivity index is 1.89. The van der Waals surface area contributed by atoms with Gasteiger partial charge >= 0.3 is 0 Å². The average Bonchev–Trinajstić information content (AvgIpc) is 3.00. The number of aromatic nitrogens is 2. The van der Waals surface area contributed by atoms with Gasteiger partial charge in [-0.2, -0.15) is 0 Å². The van der Waals surface area contributed by atoms with Crippen molar-refractivity contribution in [3.63, 3.8) is 0 Å². The minimum Gasteiger partial charge on any atom is -0.318 e. The van der Waals surface area contributed by atoms with Crippen molar-refractivity contribution in [2.24, 2.45) is 0 Å². The van der Waals surface area contributed by atoms with Gasteiger partial charge in [0, 0.05) is 17.8 Å². The van der Waals surface area contributed by atoms with Crippen LogP contribution in [0.4, 0.5) is 18.9 Å². The third-order valence-electron chi connectivity index (χ3n) is 2.61. The van der Waals surface area contributed by atoms with E-state index in [0.29, 0.717) is 4.96 Å². The molecule has 102 valence electrons. The first kappa shape index (κ1) is 12.7. The predicted molar refractivity (Wildman–Crippen MR) is 67.3 cm³/mol. The van der Waals surface area contributed by atoms with E-state index in [1.807, 2.05) is 0 Å².